The van der Waals surface area contributed by atoms with Crippen LogP contribution in [0, 0.1) is 22.9 Å². The van der Waals surface area contributed by atoms with E-state index in [-0.39, 0.29) is 28.8 Å². The van der Waals surface area contributed by atoms with Crippen LogP contribution in [0.3, 0.4) is 0 Å². The van der Waals surface area contributed by atoms with Crippen molar-refractivity contribution in [2.75, 3.05) is 31.1 Å². The molecule has 5 rings (SSSR count). The minimum Gasteiger partial charge on any atom is -0.507 e. The smallest absolute Gasteiger partial charge is 0.269 e. The standard InChI is InChI=1S/C27H24FN3O5/c1-17-14-23(32)22(16-29-10-12-30(13-11-29)20-8-4-19(28)5-9-20)27-25(17)26(33)24(36-27)15-18-2-6-21(7-3-18)31(34)35/h2-9,14-15,32H,10-13,16H2,1H3/b24-15+. The number of halogens is 1. The number of non-ortho nitro benzene ring substituents is 1. The number of hydrogen-bond donors (Lipinski definition) is 1. The number of nitro benzene ring substituents is 1. The van der Waals surface area contributed by atoms with Crippen molar-refractivity contribution in [1.29, 1.82) is 0 Å². The number of piperazine rings is 1. The molecule has 36 heavy (non-hydrogen) atoms. The normalized spacial score (nSPS) is 16.8. The summed E-state index contributed by atoms with van der Waals surface area (Å²) in [4.78, 5) is 27.9. The first kappa shape index (κ1) is 23.5. The molecule has 3 aromatic carbocycles. The van der Waals surface area contributed by atoms with Gasteiger partial charge in [0.2, 0.25) is 5.78 Å². The van der Waals surface area contributed by atoms with E-state index < -0.39 is 4.92 Å². The Hall–Kier alpha value is -4.24. The fourth-order valence-corrected chi connectivity index (χ4v) is 4.62. The third kappa shape index (κ3) is 4.52. The van der Waals surface area contributed by atoms with E-state index in [0.717, 1.165) is 31.9 Å². The van der Waals surface area contributed by atoms with Gasteiger partial charge in [-0.3, -0.25) is 19.8 Å². The van der Waals surface area contributed by atoms with Crippen LogP contribution < -0.4 is 9.64 Å². The Morgan fingerprint density at radius 3 is 2.39 bits per heavy atom. The number of Topliss-reactive ketones (excluding diaryl/α,β-unsaturated/α-hetero) is 1. The molecule has 1 N–H and O–H groups in total. The number of allylic oxidation sites excluding steroid dienone is 1. The molecule has 2 heterocycles. The Labute approximate surface area is 207 Å². The molecule has 0 amide bonds. The van der Waals surface area contributed by atoms with Crippen LogP contribution in [-0.4, -0.2) is 46.9 Å². The van der Waals surface area contributed by atoms with E-state index in [0.29, 0.717) is 34.5 Å². The molecule has 8 nitrogen and oxygen atoms in total. The van der Waals surface area contributed by atoms with Crippen molar-refractivity contribution in [3.05, 3.63) is 98.5 Å². The number of nitro groups is 1. The maximum atomic E-state index is 13.2. The second kappa shape index (κ2) is 9.43. The molecule has 0 atom stereocenters. The second-order valence-electron chi connectivity index (χ2n) is 8.92. The molecule has 184 valence electrons. The minimum atomic E-state index is -0.484. The molecule has 2 aliphatic rings. The monoisotopic (exact) mass is 489 g/mol. The van der Waals surface area contributed by atoms with Crippen LogP contribution in [0.4, 0.5) is 15.8 Å². The number of anilines is 1. The molecule has 0 saturated carbocycles. The van der Waals surface area contributed by atoms with E-state index in [1.807, 2.05) is 0 Å². The largest absolute Gasteiger partial charge is 0.507 e. The quantitative estimate of drug-likeness (QED) is 0.316. The summed E-state index contributed by atoms with van der Waals surface area (Å²) >= 11 is 0. The molecule has 1 saturated heterocycles. The van der Waals surface area contributed by atoms with Gasteiger partial charge in [0.05, 0.1) is 16.1 Å². The average Bonchev–Trinajstić information content (AvgIpc) is 3.19. The zero-order valence-corrected chi connectivity index (χ0v) is 19.6. The summed E-state index contributed by atoms with van der Waals surface area (Å²) in [7, 11) is 0. The zero-order chi connectivity index (χ0) is 25.4. The highest BCUT2D eigenvalue weighted by Gasteiger charge is 2.34. The summed E-state index contributed by atoms with van der Waals surface area (Å²) in [6, 6.07) is 13.9. The van der Waals surface area contributed by atoms with Gasteiger partial charge in [-0.2, -0.15) is 0 Å². The van der Waals surface area contributed by atoms with Crippen LogP contribution in [0.1, 0.15) is 27.0 Å². The molecule has 0 bridgehead atoms. The highest BCUT2D eigenvalue weighted by atomic mass is 19.1. The molecular weight excluding hydrogens is 465 g/mol. The highest BCUT2D eigenvalue weighted by molar-refractivity contribution is 6.15. The van der Waals surface area contributed by atoms with Gasteiger partial charge in [-0.25, -0.2) is 4.39 Å². The molecule has 0 spiro atoms. The van der Waals surface area contributed by atoms with E-state index in [1.54, 1.807) is 43.3 Å². The average molecular weight is 490 g/mol. The van der Waals surface area contributed by atoms with Gasteiger partial charge in [-0.15, -0.1) is 0 Å². The topological polar surface area (TPSA) is 96.2 Å². The second-order valence-corrected chi connectivity index (χ2v) is 8.92. The Morgan fingerprint density at radius 1 is 1.08 bits per heavy atom. The third-order valence-electron chi connectivity index (χ3n) is 6.57. The number of aryl methyl sites for hydroxylation is 1. The van der Waals surface area contributed by atoms with Gasteiger partial charge in [0.25, 0.3) is 5.69 Å². The number of hydrogen-bond acceptors (Lipinski definition) is 7. The highest BCUT2D eigenvalue weighted by Crippen LogP contribution is 2.42. The van der Waals surface area contributed by atoms with Gasteiger partial charge >= 0.3 is 0 Å². The van der Waals surface area contributed by atoms with Crippen LogP contribution in [-0.2, 0) is 6.54 Å². The number of phenolic OH excluding ortho intramolecular Hbond substituents is 1. The number of carbonyl (C=O) groups excluding carboxylic acids is 1. The van der Waals surface area contributed by atoms with Gasteiger partial charge in [0.1, 0.15) is 17.3 Å². The summed E-state index contributed by atoms with van der Waals surface area (Å²) in [6.45, 7) is 5.08. The van der Waals surface area contributed by atoms with Crippen LogP contribution in [0.15, 0.2) is 60.4 Å². The maximum Gasteiger partial charge on any atom is 0.269 e. The number of carbonyl (C=O) groups is 1. The molecular formula is C27H24FN3O5. The number of ether oxygens (including phenoxy) is 1. The first-order valence-electron chi connectivity index (χ1n) is 11.6. The van der Waals surface area contributed by atoms with Crippen molar-refractivity contribution in [3.63, 3.8) is 0 Å². The van der Waals surface area contributed by atoms with Crippen molar-refractivity contribution in [3.8, 4) is 11.5 Å². The van der Waals surface area contributed by atoms with E-state index in [1.165, 1.54) is 24.3 Å². The lowest BCUT2D eigenvalue weighted by Gasteiger charge is -2.36. The number of benzene rings is 3. The summed E-state index contributed by atoms with van der Waals surface area (Å²) in [5.74, 6) is -0.0287. The number of fused-ring (bicyclic) bond motifs is 1. The number of nitrogens with zero attached hydrogens (tertiary/aromatic N) is 3. The van der Waals surface area contributed by atoms with Crippen LogP contribution in [0.5, 0.6) is 11.5 Å². The minimum absolute atomic E-state index is 0.0401. The fraction of sp³-hybridized carbons (Fsp3) is 0.222. The molecule has 0 unspecified atom stereocenters. The van der Waals surface area contributed by atoms with Crippen molar-refractivity contribution < 1.29 is 24.0 Å². The Morgan fingerprint density at radius 2 is 1.75 bits per heavy atom. The molecule has 3 aromatic rings. The Kier molecular flexibility index (Phi) is 6.15. The molecule has 0 aliphatic carbocycles. The lowest BCUT2D eigenvalue weighted by Crippen LogP contribution is -2.46. The Balaban J connectivity index is 1.34. The van der Waals surface area contributed by atoms with Gasteiger partial charge in [0, 0.05) is 50.5 Å². The molecule has 0 radical (unpaired) electrons. The summed E-state index contributed by atoms with van der Waals surface area (Å²) in [5.41, 5.74) is 3.10. The molecule has 1 fully saturated rings. The zero-order valence-electron chi connectivity index (χ0n) is 19.6. The number of aromatic hydroxyl groups is 1. The Bertz CT molecular complexity index is 1360. The lowest BCUT2D eigenvalue weighted by atomic mass is 9.99. The number of ketones is 1. The summed E-state index contributed by atoms with van der Waals surface area (Å²) in [6.07, 6.45) is 1.55. The summed E-state index contributed by atoms with van der Waals surface area (Å²) in [5, 5.41) is 21.6. The first-order chi connectivity index (χ1) is 17.3. The van der Waals surface area contributed by atoms with E-state index in [2.05, 4.69) is 9.80 Å². The van der Waals surface area contributed by atoms with Crippen molar-refractivity contribution in [2.45, 2.75) is 13.5 Å². The first-order valence-corrected chi connectivity index (χ1v) is 11.6. The molecule has 0 aromatic heterocycles. The van der Waals surface area contributed by atoms with E-state index >= 15 is 0 Å². The maximum absolute atomic E-state index is 13.2. The molecule has 2 aliphatic heterocycles. The van der Waals surface area contributed by atoms with Crippen LogP contribution in [0.25, 0.3) is 6.08 Å². The van der Waals surface area contributed by atoms with Gasteiger partial charge in [-0.05, 0) is 66.6 Å². The number of rotatable bonds is 5. The summed E-state index contributed by atoms with van der Waals surface area (Å²) < 4.78 is 19.2. The SMILES string of the molecule is Cc1cc(O)c(CN2CCN(c3ccc(F)cc3)CC2)c2c1C(=O)/C(=C\c1ccc([N+](=O)[O-])cc1)O2. The van der Waals surface area contributed by atoms with Crippen LogP contribution in [0.2, 0.25) is 0 Å². The van der Waals surface area contributed by atoms with E-state index in [9.17, 15) is 24.4 Å². The van der Waals surface area contributed by atoms with E-state index in [4.69, 9.17) is 4.74 Å². The molecule has 9 heteroatoms. The van der Waals surface area contributed by atoms with Crippen LogP contribution >= 0.6 is 0 Å². The lowest BCUT2D eigenvalue weighted by molar-refractivity contribution is -0.384. The van der Waals surface area contributed by atoms with Gasteiger partial charge in [0.15, 0.2) is 5.76 Å². The van der Waals surface area contributed by atoms with Gasteiger partial charge in [-0.1, -0.05) is 0 Å². The number of phenols is 1. The van der Waals surface area contributed by atoms with Crippen molar-refractivity contribution in [1.82, 2.24) is 4.90 Å². The third-order valence-corrected chi connectivity index (χ3v) is 6.57. The van der Waals surface area contributed by atoms with Crippen molar-refractivity contribution in [2.24, 2.45) is 0 Å². The predicted octanol–water partition coefficient (Wildman–Crippen LogP) is 4.69. The fourth-order valence-electron chi connectivity index (χ4n) is 4.62. The van der Waals surface area contributed by atoms with Gasteiger partial charge < -0.3 is 14.7 Å². The van der Waals surface area contributed by atoms with Crippen molar-refractivity contribution >= 4 is 23.2 Å². The predicted molar refractivity (Wildman–Crippen MR) is 133 cm³/mol.